The number of carbonyl (C=O) groups is 1. The summed E-state index contributed by atoms with van der Waals surface area (Å²) in [6.07, 6.45) is 1.55. The molecule has 7 heteroatoms. The number of halogens is 1. The van der Waals surface area contributed by atoms with Gasteiger partial charge in [-0.1, -0.05) is 0 Å². The molecule has 0 atom stereocenters. The van der Waals surface area contributed by atoms with E-state index in [-0.39, 0.29) is 12.7 Å². The first-order chi connectivity index (χ1) is 11.2. The number of ether oxygens (including phenoxy) is 3. The first-order valence-electron chi connectivity index (χ1n) is 6.74. The number of nitrogens with zero attached hydrogens (tertiary/aromatic N) is 1. The summed E-state index contributed by atoms with van der Waals surface area (Å²) in [5.41, 5.74) is 3.74. The van der Waals surface area contributed by atoms with Crippen molar-refractivity contribution in [3.8, 4) is 17.2 Å². The Bertz CT molecular complexity index is 777. The fraction of sp³-hybridized carbons (Fsp3) is 0.125. The van der Waals surface area contributed by atoms with Crippen LogP contribution in [0.1, 0.15) is 15.9 Å². The predicted octanol–water partition coefficient (Wildman–Crippen LogP) is 2.95. The fourth-order valence-electron chi connectivity index (χ4n) is 2.03. The summed E-state index contributed by atoms with van der Waals surface area (Å²) in [6, 6.07) is 10.5. The molecule has 0 spiro atoms. The Balaban J connectivity index is 1.65. The zero-order valence-corrected chi connectivity index (χ0v) is 13.8. The average Bonchev–Trinajstić information content (AvgIpc) is 3.02. The topological polar surface area (TPSA) is 69.2 Å². The molecule has 0 fully saturated rings. The van der Waals surface area contributed by atoms with Gasteiger partial charge in [0.25, 0.3) is 5.91 Å². The lowest BCUT2D eigenvalue weighted by Gasteiger charge is -2.03. The van der Waals surface area contributed by atoms with Gasteiger partial charge < -0.3 is 14.2 Å². The van der Waals surface area contributed by atoms with Crippen molar-refractivity contribution in [2.45, 2.75) is 0 Å². The summed E-state index contributed by atoms with van der Waals surface area (Å²) in [5, 5.41) is 3.95. The Morgan fingerprint density at radius 1 is 1.26 bits per heavy atom. The molecule has 0 unspecified atom stereocenters. The fourth-order valence-corrected chi connectivity index (χ4v) is 2.59. The van der Waals surface area contributed by atoms with Gasteiger partial charge in [-0.25, -0.2) is 5.43 Å². The van der Waals surface area contributed by atoms with E-state index in [9.17, 15) is 4.79 Å². The van der Waals surface area contributed by atoms with Crippen LogP contribution >= 0.6 is 15.9 Å². The zero-order valence-electron chi connectivity index (χ0n) is 12.2. The van der Waals surface area contributed by atoms with Gasteiger partial charge in [0.05, 0.1) is 17.8 Å². The number of amides is 1. The van der Waals surface area contributed by atoms with Crippen molar-refractivity contribution in [1.29, 1.82) is 0 Å². The van der Waals surface area contributed by atoms with Crippen LogP contribution in [0.2, 0.25) is 0 Å². The van der Waals surface area contributed by atoms with Crippen LogP contribution in [0.4, 0.5) is 0 Å². The smallest absolute Gasteiger partial charge is 0.271 e. The molecule has 0 saturated carbocycles. The summed E-state index contributed by atoms with van der Waals surface area (Å²) < 4.78 is 16.4. The number of methoxy groups -OCH3 is 1. The number of fused-ring (bicyclic) bond motifs is 1. The number of hydrazone groups is 1. The maximum Gasteiger partial charge on any atom is 0.271 e. The molecule has 23 heavy (non-hydrogen) atoms. The third-order valence-electron chi connectivity index (χ3n) is 3.19. The van der Waals surface area contributed by atoms with Crippen molar-refractivity contribution in [3.63, 3.8) is 0 Å². The molecule has 0 radical (unpaired) electrons. The summed E-state index contributed by atoms with van der Waals surface area (Å²) in [4.78, 5) is 12.1. The minimum absolute atomic E-state index is 0.172. The SMILES string of the molecule is COc1ccc(/C=N\NC(=O)c2ccc3c(c2)OCO3)cc1Br. The molecule has 0 aliphatic carbocycles. The van der Waals surface area contributed by atoms with Crippen LogP contribution in [-0.2, 0) is 0 Å². The van der Waals surface area contributed by atoms with Gasteiger partial charge >= 0.3 is 0 Å². The Morgan fingerprint density at radius 2 is 2.09 bits per heavy atom. The van der Waals surface area contributed by atoms with Gasteiger partial charge in [-0.15, -0.1) is 0 Å². The lowest BCUT2D eigenvalue weighted by molar-refractivity contribution is 0.0954. The van der Waals surface area contributed by atoms with Gasteiger partial charge in [-0.05, 0) is 57.9 Å². The number of nitrogens with one attached hydrogen (secondary N) is 1. The van der Waals surface area contributed by atoms with E-state index in [4.69, 9.17) is 14.2 Å². The lowest BCUT2D eigenvalue weighted by atomic mass is 10.2. The molecule has 3 rings (SSSR count). The standard InChI is InChI=1S/C16H13BrN2O4/c1-21-13-4-2-10(6-12(13)17)8-18-19-16(20)11-3-5-14-15(7-11)23-9-22-14/h2-8H,9H2,1H3,(H,19,20)/b18-8-. The monoisotopic (exact) mass is 376 g/mol. The first-order valence-corrected chi connectivity index (χ1v) is 7.53. The molecule has 1 N–H and O–H groups in total. The van der Waals surface area contributed by atoms with Gasteiger partial charge in [-0.3, -0.25) is 4.79 Å². The molecule has 1 aliphatic heterocycles. The molecule has 0 aromatic heterocycles. The minimum atomic E-state index is -0.327. The van der Waals surface area contributed by atoms with Crippen molar-refractivity contribution in [2.75, 3.05) is 13.9 Å². The molecule has 1 aliphatic rings. The molecule has 2 aromatic rings. The van der Waals surface area contributed by atoms with Gasteiger partial charge in [0.15, 0.2) is 11.5 Å². The Kier molecular flexibility index (Phi) is 4.47. The number of hydrogen-bond donors (Lipinski definition) is 1. The quantitative estimate of drug-likeness (QED) is 0.657. The molecule has 6 nitrogen and oxygen atoms in total. The van der Waals surface area contributed by atoms with E-state index < -0.39 is 0 Å². The third kappa shape index (κ3) is 3.45. The van der Waals surface area contributed by atoms with Crippen LogP contribution in [0.15, 0.2) is 46.0 Å². The summed E-state index contributed by atoms with van der Waals surface area (Å²) in [6.45, 7) is 0.172. The number of benzene rings is 2. The number of carbonyl (C=O) groups excluding carboxylic acids is 1. The van der Waals surface area contributed by atoms with Gasteiger partial charge in [0, 0.05) is 5.56 Å². The predicted molar refractivity (Wildman–Crippen MR) is 88.3 cm³/mol. The van der Waals surface area contributed by atoms with Gasteiger partial charge in [0.2, 0.25) is 6.79 Å². The second-order valence-corrected chi connectivity index (χ2v) is 5.52. The molecule has 0 bridgehead atoms. The average molecular weight is 377 g/mol. The van der Waals surface area contributed by atoms with Crippen LogP contribution in [0.25, 0.3) is 0 Å². The van der Waals surface area contributed by atoms with Gasteiger partial charge in [0.1, 0.15) is 5.75 Å². The van der Waals surface area contributed by atoms with E-state index in [0.29, 0.717) is 17.1 Å². The number of hydrogen-bond acceptors (Lipinski definition) is 5. The van der Waals surface area contributed by atoms with E-state index in [2.05, 4.69) is 26.5 Å². The zero-order chi connectivity index (χ0) is 16.2. The second kappa shape index (κ2) is 6.70. The molecular formula is C16H13BrN2O4. The molecular weight excluding hydrogens is 364 g/mol. The molecule has 0 saturated heterocycles. The second-order valence-electron chi connectivity index (χ2n) is 4.66. The van der Waals surface area contributed by atoms with Crippen LogP contribution in [0.5, 0.6) is 17.2 Å². The molecule has 2 aromatic carbocycles. The van der Waals surface area contributed by atoms with Crippen LogP contribution in [-0.4, -0.2) is 26.0 Å². The summed E-state index contributed by atoms with van der Waals surface area (Å²) >= 11 is 3.39. The maximum absolute atomic E-state index is 12.1. The van der Waals surface area contributed by atoms with Crippen molar-refractivity contribution in [2.24, 2.45) is 5.10 Å². The molecule has 1 amide bonds. The van der Waals surface area contributed by atoms with E-state index in [0.717, 1.165) is 15.8 Å². The van der Waals surface area contributed by atoms with Crippen molar-refractivity contribution < 1.29 is 19.0 Å². The Morgan fingerprint density at radius 3 is 2.87 bits per heavy atom. The summed E-state index contributed by atoms with van der Waals surface area (Å²) in [7, 11) is 1.60. The molecule has 1 heterocycles. The third-order valence-corrected chi connectivity index (χ3v) is 3.81. The largest absolute Gasteiger partial charge is 0.496 e. The van der Waals surface area contributed by atoms with Crippen LogP contribution in [0, 0.1) is 0 Å². The highest BCUT2D eigenvalue weighted by Crippen LogP contribution is 2.32. The highest BCUT2D eigenvalue weighted by Gasteiger charge is 2.15. The minimum Gasteiger partial charge on any atom is -0.496 e. The van der Waals surface area contributed by atoms with Gasteiger partial charge in [-0.2, -0.15) is 5.10 Å². The lowest BCUT2D eigenvalue weighted by Crippen LogP contribution is -2.17. The van der Waals surface area contributed by atoms with E-state index in [1.54, 1.807) is 31.5 Å². The van der Waals surface area contributed by atoms with Crippen molar-refractivity contribution in [3.05, 3.63) is 52.0 Å². The van der Waals surface area contributed by atoms with Crippen LogP contribution < -0.4 is 19.6 Å². The first kappa shape index (κ1) is 15.4. The highest BCUT2D eigenvalue weighted by molar-refractivity contribution is 9.10. The van der Waals surface area contributed by atoms with E-state index >= 15 is 0 Å². The highest BCUT2D eigenvalue weighted by atomic mass is 79.9. The van der Waals surface area contributed by atoms with Crippen molar-refractivity contribution in [1.82, 2.24) is 5.43 Å². The Labute approximate surface area is 141 Å². The van der Waals surface area contributed by atoms with Crippen LogP contribution in [0.3, 0.4) is 0 Å². The Hall–Kier alpha value is -2.54. The van der Waals surface area contributed by atoms with Crippen molar-refractivity contribution >= 4 is 28.1 Å². The van der Waals surface area contributed by atoms with E-state index in [1.165, 1.54) is 0 Å². The normalized spacial score (nSPS) is 12.4. The maximum atomic E-state index is 12.1. The number of rotatable bonds is 4. The summed E-state index contributed by atoms with van der Waals surface area (Å²) in [5.74, 6) is 1.59. The molecule has 118 valence electrons. The van der Waals surface area contributed by atoms with E-state index in [1.807, 2.05) is 18.2 Å².